The van der Waals surface area contributed by atoms with E-state index in [1.165, 1.54) is 17.0 Å². The number of fused-ring (bicyclic) bond motifs is 1. The van der Waals surface area contributed by atoms with Gasteiger partial charge in [0.2, 0.25) is 15.9 Å². The highest BCUT2D eigenvalue weighted by molar-refractivity contribution is 7.89. The van der Waals surface area contributed by atoms with Crippen molar-refractivity contribution in [2.45, 2.75) is 37.6 Å². The molecule has 1 atom stereocenters. The van der Waals surface area contributed by atoms with E-state index in [1.54, 1.807) is 16.2 Å². The number of hydrogen-bond acceptors (Lipinski definition) is 7. The minimum absolute atomic E-state index is 0.0110. The molecule has 0 radical (unpaired) electrons. The molecule has 0 fully saturated rings. The fraction of sp³-hybridized carbons (Fsp3) is 0.370. The summed E-state index contributed by atoms with van der Waals surface area (Å²) in [5.74, 6) is -0.344. The summed E-state index contributed by atoms with van der Waals surface area (Å²) < 4.78 is 33.9. The Labute approximate surface area is 237 Å². The number of ether oxygens (including phenoxy) is 1. The van der Waals surface area contributed by atoms with Crippen LogP contribution in [0.5, 0.6) is 0 Å². The SMILES string of the molecule is CCOCCCN(CC(=O)N1CCc2sccc2C1c1ccccc1C)S(=O)(=O)c1ccc(Cl)c([N+](=O)[O-])c1. The van der Waals surface area contributed by atoms with E-state index in [9.17, 15) is 23.3 Å². The Morgan fingerprint density at radius 3 is 2.72 bits per heavy atom. The first-order chi connectivity index (χ1) is 18.6. The number of benzene rings is 2. The van der Waals surface area contributed by atoms with Crippen molar-refractivity contribution in [2.24, 2.45) is 0 Å². The summed E-state index contributed by atoms with van der Waals surface area (Å²) in [5.41, 5.74) is 2.56. The van der Waals surface area contributed by atoms with Gasteiger partial charge in [-0.3, -0.25) is 14.9 Å². The van der Waals surface area contributed by atoms with Gasteiger partial charge in [-0.1, -0.05) is 35.9 Å². The Morgan fingerprint density at radius 2 is 2.00 bits per heavy atom. The maximum absolute atomic E-state index is 13.9. The summed E-state index contributed by atoms with van der Waals surface area (Å²) in [6.07, 6.45) is 1.04. The van der Waals surface area contributed by atoms with E-state index in [0.717, 1.165) is 27.1 Å². The van der Waals surface area contributed by atoms with E-state index in [4.69, 9.17) is 16.3 Å². The van der Waals surface area contributed by atoms with Gasteiger partial charge in [0.25, 0.3) is 5.69 Å². The summed E-state index contributed by atoms with van der Waals surface area (Å²) in [6.45, 7) is 4.67. The van der Waals surface area contributed by atoms with Crippen molar-refractivity contribution in [1.29, 1.82) is 0 Å². The number of sulfonamides is 1. The maximum Gasteiger partial charge on any atom is 0.289 e. The molecule has 0 spiro atoms. The number of nitrogens with zero attached hydrogens (tertiary/aromatic N) is 3. The van der Waals surface area contributed by atoms with Crippen LogP contribution in [0.25, 0.3) is 0 Å². The third-order valence-electron chi connectivity index (χ3n) is 6.73. The molecule has 0 N–H and O–H groups in total. The Balaban J connectivity index is 1.68. The van der Waals surface area contributed by atoms with Crippen LogP contribution >= 0.6 is 22.9 Å². The fourth-order valence-electron chi connectivity index (χ4n) is 4.77. The van der Waals surface area contributed by atoms with Crippen LogP contribution in [-0.2, 0) is 26.0 Å². The summed E-state index contributed by atoms with van der Waals surface area (Å²) in [7, 11) is -4.27. The van der Waals surface area contributed by atoms with Crippen LogP contribution in [0.4, 0.5) is 5.69 Å². The standard InChI is InChI=1S/C27H30ClN3O6S2/c1-3-37-15-6-13-29(39(35,36)20-9-10-23(28)24(17-20)31(33)34)18-26(32)30-14-11-25-22(12-16-38-25)27(30)21-8-5-4-7-19(21)2/h4-5,7-10,12,16-17,27H,3,6,11,13-15,18H2,1-2H3. The second-order valence-corrected chi connectivity index (χ2v) is 12.5. The monoisotopic (exact) mass is 591 g/mol. The van der Waals surface area contributed by atoms with Crippen molar-refractivity contribution in [1.82, 2.24) is 9.21 Å². The van der Waals surface area contributed by atoms with Crippen LogP contribution in [0.2, 0.25) is 5.02 Å². The van der Waals surface area contributed by atoms with Crippen LogP contribution in [0.3, 0.4) is 0 Å². The predicted molar refractivity (Wildman–Crippen MR) is 151 cm³/mol. The first-order valence-corrected chi connectivity index (χ1v) is 15.3. The molecule has 2 heterocycles. The molecule has 0 bridgehead atoms. The Morgan fingerprint density at radius 1 is 1.23 bits per heavy atom. The van der Waals surface area contributed by atoms with E-state index >= 15 is 0 Å². The number of rotatable bonds is 11. The van der Waals surface area contributed by atoms with Gasteiger partial charge < -0.3 is 9.64 Å². The highest BCUT2D eigenvalue weighted by Gasteiger charge is 2.36. The molecule has 2 aromatic carbocycles. The number of nitro benzene ring substituents is 1. The molecule has 39 heavy (non-hydrogen) atoms. The Bertz CT molecular complexity index is 1460. The van der Waals surface area contributed by atoms with Crippen molar-refractivity contribution >= 4 is 44.6 Å². The number of carbonyl (C=O) groups excluding carboxylic acids is 1. The molecule has 0 aliphatic carbocycles. The lowest BCUT2D eigenvalue weighted by atomic mass is 9.90. The van der Waals surface area contributed by atoms with Crippen molar-refractivity contribution in [3.05, 3.63) is 90.6 Å². The molecule has 3 aromatic rings. The molecule has 0 saturated carbocycles. The fourth-order valence-corrected chi connectivity index (χ4v) is 7.31. The van der Waals surface area contributed by atoms with Crippen LogP contribution in [0.1, 0.15) is 41.0 Å². The number of halogens is 1. The van der Waals surface area contributed by atoms with E-state index < -0.39 is 27.2 Å². The largest absolute Gasteiger partial charge is 0.382 e. The van der Waals surface area contributed by atoms with E-state index in [0.29, 0.717) is 32.6 Å². The lowest BCUT2D eigenvalue weighted by Crippen LogP contribution is -2.47. The number of aryl methyl sites for hydroxylation is 1. The zero-order valence-electron chi connectivity index (χ0n) is 21.7. The lowest BCUT2D eigenvalue weighted by Gasteiger charge is -2.38. The third kappa shape index (κ3) is 6.33. The molecule has 1 unspecified atom stereocenters. The molecular formula is C27H30ClN3O6S2. The minimum atomic E-state index is -4.27. The zero-order valence-corrected chi connectivity index (χ0v) is 24.1. The van der Waals surface area contributed by atoms with Crippen LogP contribution in [0, 0.1) is 17.0 Å². The molecule has 1 aliphatic rings. The van der Waals surface area contributed by atoms with Gasteiger partial charge in [0.15, 0.2) is 0 Å². The molecular weight excluding hydrogens is 562 g/mol. The molecule has 0 saturated heterocycles. The predicted octanol–water partition coefficient (Wildman–Crippen LogP) is 5.21. The third-order valence-corrected chi connectivity index (χ3v) is 9.89. The van der Waals surface area contributed by atoms with Crippen molar-refractivity contribution in [2.75, 3.05) is 32.8 Å². The van der Waals surface area contributed by atoms with Gasteiger partial charge in [-0.25, -0.2) is 8.42 Å². The summed E-state index contributed by atoms with van der Waals surface area (Å²) >= 11 is 7.57. The van der Waals surface area contributed by atoms with Crippen molar-refractivity contribution < 1.29 is 22.9 Å². The quantitative estimate of drug-likeness (QED) is 0.172. The molecule has 12 heteroatoms. The normalized spacial score (nSPS) is 15.4. The molecule has 4 rings (SSSR count). The Hall–Kier alpha value is -2.83. The topological polar surface area (TPSA) is 110 Å². The van der Waals surface area contributed by atoms with Gasteiger partial charge >= 0.3 is 0 Å². The molecule has 1 aromatic heterocycles. The van der Waals surface area contributed by atoms with Gasteiger partial charge in [-0.2, -0.15) is 4.31 Å². The van der Waals surface area contributed by atoms with Crippen molar-refractivity contribution in [3.8, 4) is 0 Å². The van der Waals surface area contributed by atoms with E-state index in [2.05, 4.69) is 0 Å². The number of nitro groups is 1. The number of carbonyl (C=O) groups is 1. The van der Waals surface area contributed by atoms with Crippen molar-refractivity contribution in [3.63, 3.8) is 0 Å². The zero-order chi connectivity index (χ0) is 28.2. The number of hydrogen-bond donors (Lipinski definition) is 0. The van der Waals surface area contributed by atoms with Crippen LogP contribution in [-0.4, -0.2) is 61.3 Å². The molecule has 1 amide bonds. The summed E-state index contributed by atoms with van der Waals surface area (Å²) in [4.78, 5) is 27.2. The smallest absolute Gasteiger partial charge is 0.289 e. The van der Waals surface area contributed by atoms with Crippen LogP contribution < -0.4 is 0 Å². The molecule has 1 aliphatic heterocycles. The van der Waals surface area contributed by atoms with Gasteiger partial charge in [-0.15, -0.1) is 11.3 Å². The average molecular weight is 592 g/mol. The summed E-state index contributed by atoms with van der Waals surface area (Å²) in [6, 6.07) is 12.9. The number of amides is 1. The minimum Gasteiger partial charge on any atom is -0.382 e. The molecule has 9 nitrogen and oxygen atoms in total. The second kappa shape index (κ2) is 12.6. The first kappa shape index (κ1) is 29.2. The average Bonchev–Trinajstić information content (AvgIpc) is 3.39. The van der Waals surface area contributed by atoms with Crippen LogP contribution in [0.15, 0.2) is 58.8 Å². The van der Waals surface area contributed by atoms with Gasteiger partial charge in [-0.05, 0) is 67.0 Å². The second-order valence-electron chi connectivity index (χ2n) is 9.15. The lowest BCUT2D eigenvalue weighted by molar-refractivity contribution is -0.384. The maximum atomic E-state index is 13.9. The van der Waals surface area contributed by atoms with E-state index in [1.807, 2.05) is 49.6 Å². The molecule has 208 valence electrons. The number of thiophene rings is 1. The highest BCUT2D eigenvalue weighted by atomic mass is 35.5. The van der Waals surface area contributed by atoms with Gasteiger partial charge in [0.05, 0.1) is 22.4 Å². The van der Waals surface area contributed by atoms with E-state index in [-0.39, 0.29) is 28.4 Å². The van der Waals surface area contributed by atoms with Gasteiger partial charge in [0.1, 0.15) is 5.02 Å². The van der Waals surface area contributed by atoms with Gasteiger partial charge in [0, 0.05) is 37.2 Å². The first-order valence-electron chi connectivity index (χ1n) is 12.6. The Kier molecular flexibility index (Phi) is 9.39. The summed E-state index contributed by atoms with van der Waals surface area (Å²) in [5, 5.41) is 13.3. The highest BCUT2D eigenvalue weighted by Crippen LogP contribution is 2.39.